The van der Waals surface area contributed by atoms with E-state index in [-0.39, 0.29) is 6.04 Å². The van der Waals surface area contributed by atoms with Gasteiger partial charge in [0.15, 0.2) is 5.69 Å². The molecule has 0 radical (unpaired) electrons. The first-order valence-corrected chi connectivity index (χ1v) is 6.23. The largest absolute Gasteiger partial charge is 0.435 e. The minimum atomic E-state index is -4.42. The van der Waals surface area contributed by atoms with Crippen molar-refractivity contribution in [3.63, 3.8) is 0 Å². The Bertz CT molecular complexity index is 546. The van der Waals surface area contributed by atoms with Crippen LogP contribution in [0.15, 0.2) is 17.6 Å². The van der Waals surface area contributed by atoms with Crippen LogP contribution in [0.1, 0.15) is 23.2 Å². The third-order valence-corrected chi connectivity index (χ3v) is 3.66. The fourth-order valence-corrected chi connectivity index (χ4v) is 2.75. The SMILES string of the molecule is FC(F)(F)c1cc2n(n1)C(c1nccs1)CCN2. The number of anilines is 1. The van der Waals surface area contributed by atoms with Gasteiger partial charge in [-0.1, -0.05) is 0 Å². The Labute approximate surface area is 104 Å². The fraction of sp³-hybridized carbons (Fsp3) is 0.400. The van der Waals surface area contributed by atoms with E-state index in [1.807, 2.05) is 5.38 Å². The third-order valence-electron chi connectivity index (χ3n) is 2.78. The van der Waals surface area contributed by atoms with E-state index in [0.717, 1.165) is 11.1 Å². The minimum Gasteiger partial charge on any atom is -0.370 e. The van der Waals surface area contributed by atoms with Gasteiger partial charge in [-0.05, 0) is 6.42 Å². The van der Waals surface area contributed by atoms with Crippen LogP contribution in [0.4, 0.5) is 19.0 Å². The molecule has 2 aromatic rings. The predicted molar refractivity (Wildman–Crippen MR) is 60.6 cm³/mol. The number of nitrogens with one attached hydrogen (secondary N) is 1. The van der Waals surface area contributed by atoms with Gasteiger partial charge in [0.1, 0.15) is 16.9 Å². The number of nitrogens with zero attached hydrogens (tertiary/aromatic N) is 3. The van der Waals surface area contributed by atoms with Crippen molar-refractivity contribution in [2.45, 2.75) is 18.6 Å². The summed E-state index contributed by atoms with van der Waals surface area (Å²) in [7, 11) is 0. The first-order chi connectivity index (χ1) is 8.55. The maximum atomic E-state index is 12.6. The lowest BCUT2D eigenvalue weighted by Gasteiger charge is -2.23. The first-order valence-electron chi connectivity index (χ1n) is 5.36. The Kier molecular flexibility index (Phi) is 2.54. The Hall–Kier alpha value is -1.57. The highest BCUT2D eigenvalue weighted by Crippen LogP contribution is 2.35. The summed E-state index contributed by atoms with van der Waals surface area (Å²) in [4.78, 5) is 4.16. The van der Waals surface area contributed by atoms with E-state index >= 15 is 0 Å². The summed E-state index contributed by atoms with van der Waals surface area (Å²) in [6, 6.07) is 0.831. The fourth-order valence-electron chi connectivity index (χ4n) is 1.99. The standard InChI is InChI=1S/C10H9F3N4S/c11-10(12,13)7-5-8-14-2-1-6(17(8)16-7)9-15-3-4-18-9/h3-6,14H,1-2H2. The van der Waals surface area contributed by atoms with Crippen molar-refractivity contribution in [3.8, 4) is 0 Å². The molecular weight excluding hydrogens is 265 g/mol. The second-order valence-corrected chi connectivity index (χ2v) is 4.88. The number of aromatic nitrogens is 3. The monoisotopic (exact) mass is 274 g/mol. The molecular formula is C10H9F3N4S. The van der Waals surface area contributed by atoms with Gasteiger partial charge in [-0.2, -0.15) is 18.3 Å². The molecule has 1 aliphatic rings. The van der Waals surface area contributed by atoms with Crippen molar-refractivity contribution < 1.29 is 13.2 Å². The molecule has 0 amide bonds. The van der Waals surface area contributed by atoms with E-state index in [9.17, 15) is 13.2 Å². The van der Waals surface area contributed by atoms with Crippen molar-refractivity contribution >= 4 is 17.2 Å². The highest BCUT2D eigenvalue weighted by Gasteiger charge is 2.37. The van der Waals surface area contributed by atoms with Crippen LogP contribution in [0.3, 0.4) is 0 Å². The zero-order chi connectivity index (χ0) is 12.8. The second-order valence-electron chi connectivity index (χ2n) is 3.96. The van der Waals surface area contributed by atoms with Crippen molar-refractivity contribution in [1.29, 1.82) is 0 Å². The van der Waals surface area contributed by atoms with Gasteiger partial charge in [0.2, 0.25) is 0 Å². The zero-order valence-electron chi connectivity index (χ0n) is 9.11. The molecule has 0 aliphatic carbocycles. The van der Waals surface area contributed by atoms with E-state index in [2.05, 4.69) is 15.4 Å². The van der Waals surface area contributed by atoms with Crippen LogP contribution < -0.4 is 5.32 Å². The highest BCUT2D eigenvalue weighted by molar-refractivity contribution is 7.09. The topological polar surface area (TPSA) is 42.7 Å². The molecule has 3 rings (SSSR count). The number of hydrogen-bond donors (Lipinski definition) is 1. The van der Waals surface area contributed by atoms with E-state index < -0.39 is 11.9 Å². The summed E-state index contributed by atoms with van der Waals surface area (Å²) in [6.07, 6.45) is -2.09. The Morgan fingerprint density at radius 2 is 2.28 bits per heavy atom. The molecule has 0 saturated carbocycles. The van der Waals surface area contributed by atoms with Gasteiger partial charge in [-0.15, -0.1) is 11.3 Å². The molecule has 1 aliphatic heterocycles. The Balaban J connectivity index is 2.03. The van der Waals surface area contributed by atoms with Crippen molar-refractivity contribution in [1.82, 2.24) is 14.8 Å². The summed E-state index contributed by atoms with van der Waals surface area (Å²) in [6.45, 7) is 0.618. The molecule has 1 N–H and O–H groups in total. The van der Waals surface area contributed by atoms with Crippen LogP contribution >= 0.6 is 11.3 Å². The molecule has 0 aromatic carbocycles. The van der Waals surface area contributed by atoms with Gasteiger partial charge < -0.3 is 5.32 Å². The van der Waals surface area contributed by atoms with E-state index in [1.54, 1.807) is 6.20 Å². The number of rotatable bonds is 1. The van der Waals surface area contributed by atoms with Gasteiger partial charge in [0.25, 0.3) is 0 Å². The van der Waals surface area contributed by atoms with Crippen LogP contribution in [-0.2, 0) is 6.18 Å². The highest BCUT2D eigenvalue weighted by atomic mass is 32.1. The molecule has 18 heavy (non-hydrogen) atoms. The molecule has 4 nitrogen and oxygen atoms in total. The van der Waals surface area contributed by atoms with E-state index in [0.29, 0.717) is 18.8 Å². The average molecular weight is 274 g/mol. The second kappa shape index (κ2) is 3.98. The molecule has 1 atom stereocenters. The summed E-state index contributed by atoms with van der Waals surface area (Å²) in [5, 5.41) is 9.18. The van der Waals surface area contributed by atoms with Crippen molar-refractivity contribution in [3.05, 3.63) is 28.3 Å². The van der Waals surface area contributed by atoms with Gasteiger partial charge in [0.05, 0.1) is 0 Å². The van der Waals surface area contributed by atoms with Gasteiger partial charge >= 0.3 is 6.18 Å². The lowest BCUT2D eigenvalue weighted by Crippen LogP contribution is -2.24. The molecule has 0 spiro atoms. The maximum Gasteiger partial charge on any atom is 0.435 e. The van der Waals surface area contributed by atoms with Crippen LogP contribution in [0.5, 0.6) is 0 Å². The smallest absolute Gasteiger partial charge is 0.370 e. The van der Waals surface area contributed by atoms with E-state index in [1.165, 1.54) is 16.0 Å². The minimum absolute atomic E-state index is 0.211. The summed E-state index contributed by atoms with van der Waals surface area (Å²) >= 11 is 1.43. The first kappa shape index (κ1) is 11.5. The molecule has 96 valence electrons. The molecule has 2 aromatic heterocycles. The number of alkyl halides is 3. The average Bonchev–Trinajstić information content (AvgIpc) is 2.96. The van der Waals surface area contributed by atoms with Gasteiger partial charge in [0, 0.05) is 24.2 Å². The summed E-state index contributed by atoms with van der Waals surface area (Å²) < 4.78 is 39.3. The van der Waals surface area contributed by atoms with Crippen LogP contribution in [0.2, 0.25) is 0 Å². The van der Waals surface area contributed by atoms with Crippen molar-refractivity contribution in [2.24, 2.45) is 0 Å². The van der Waals surface area contributed by atoms with Crippen LogP contribution in [0, 0.1) is 0 Å². The quantitative estimate of drug-likeness (QED) is 0.869. The Morgan fingerprint density at radius 3 is 2.94 bits per heavy atom. The zero-order valence-corrected chi connectivity index (χ0v) is 9.92. The predicted octanol–water partition coefficient (Wildman–Crippen LogP) is 2.76. The number of fused-ring (bicyclic) bond motifs is 1. The van der Waals surface area contributed by atoms with Crippen LogP contribution in [0.25, 0.3) is 0 Å². The lowest BCUT2D eigenvalue weighted by molar-refractivity contribution is -0.141. The van der Waals surface area contributed by atoms with Gasteiger partial charge in [-0.25, -0.2) is 9.67 Å². The van der Waals surface area contributed by atoms with E-state index in [4.69, 9.17) is 0 Å². The third kappa shape index (κ3) is 1.86. The summed E-state index contributed by atoms with van der Waals surface area (Å²) in [5.41, 5.74) is -0.867. The number of hydrogen-bond acceptors (Lipinski definition) is 4. The molecule has 0 saturated heterocycles. The maximum absolute atomic E-state index is 12.6. The molecule has 8 heteroatoms. The lowest BCUT2D eigenvalue weighted by atomic mass is 10.2. The normalized spacial score (nSPS) is 19.4. The molecule has 0 bridgehead atoms. The Morgan fingerprint density at radius 1 is 1.44 bits per heavy atom. The van der Waals surface area contributed by atoms with Gasteiger partial charge in [-0.3, -0.25) is 0 Å². The molecule has 3 heterocycles. The van der Waals surface area contributed by atoms with Crippen molar-refractivity contribution in [2.75, 3.05) is 11.9 Å². The van der Waals surface area contributed by atoms with Crippen LogP contribution in [-0.4, -0.2) is 21.3 Å². The number of thiazole rings is 1. The molecule has 0 fully saturated rings. The summed E-state index contributed by atoms with van der Waals surface area (Å²) in [5.74, 6) is 0.397. The number of halogens is 3. The molecule has 1 unspecified atom stereocenters.